The summed E-state index contributed by atoms with van der Waals surface area (Å²) in [7, 11) is -3.53. The lowest BCUT2D eigenvalue weighted by molar-refractivity contribution is 0.273. The lowest BCUT2D eigenvalue weighted by atomic mass is 10.0. The summed E-state index contributed by atoms with van der Waals surface area (Å²) in [6, 6.07) is 0. The third-order valence-corrected chi connectivity index (χ3v) is 4.47. The lowest BCUT2D eigenvalue weighted by Gasteiger charge is -2.31. The number of nitrogens with one attached hydrogen (secondary N) is 1. The van der Waals surface area contributed by atoms with Crippen LogP contribution in [0.15, 0.2) is 18.7 Å². The van der Waals surface area contributed by atoms with Gasteiger partial charge >= 0.3 is 10.2 Å². The fraction of sp³-hybridized carbons (Fsp3) is 0.600. The Kier molecular flexibility index (Phi) is 4.10. The molecule has 100 valence electrons. The molecule has 3 N–H and O–H groups in total. The molecule has 1 fully saturated rings. The topological polar surface area (TPSA) is 101 Å². The van der Waals surface area contributed by atoms with Crippen molar-refractivity contribution >= 4 is 15.9 Å². The predicted molar refractivity (Wildman–Crippen MR) is 67.9 cm³/mol. The first-order valence-electron chi connectivity index (χ1n) is 5.85. The summed E-state index contributed by atoms with van der Waals surface area (Å²) in [6.45, 7) is 1.51. The van der Waals surface area contributed by atoms with Gasteiger partial charge in [0, 0.05) is 13.1 Å². The zero-order valence-corrected chi connectivity index (χ0v) is 10.8. The summed E-state index contributed by atoms with van der Waals surface area (Å²) in [5.74, 6) is 0.238. The second-order valence-electron chi connectivity index (χ2n) is 4.34. The highest BCUT2D eigenvalue weighted by atomic mass is 32.2. The molecular formula is C10H17N5O2S. The third kappa shape index (κ3) is 3.15. The van der Waals surface area contributed by atoms with E-state index in [-0.39, 0.29) is 5.92 Å². The van der Waals surface area contributed by atoms with Crippen LogP contribution < -0.4 is 10.5 Å². The van der Waals surface area contributed by atoms with Crippen LogP contribution >= 0.6 is 0 Å². The molecule has 0 bridgehead atoms. The predicted octanol–water partition coefficient (Wildman–Crippen LogP) is -0.196. The molecule has 1 aliphatic rings. The Bertz CT molecular complexity index is 478. The maximum Gasteiger partial charge on any atom is 0.301 e. The summed E-state index contributed by atoms with van der Waals surface area (Å²) in [6.07, 6.45) is 6.03. The molecule has 0 radical (unpaired) electrons. The molecule has 1 saturated heterocycles. The van der Waals surface area contributed by atoms with Gasteiger partial charge in [0.05, 0.1) is 18.1 Å². The van der Waals surface area contributed by atoms with Crippen molar-refractivity contribution in [2.75, 3.05) is 24.4 Å². The summed E-state index contributed by atoms with van der Waals surface area (Å²) in [5, 5.41) is 0. The monoisotopic (exact) mass is 271 g/mol. The third-order valence-electron chi connectivity index (χ3n) is 2.96. The maximum atomic E-state index is 12.1. The van der Waals surface area contributed by atoms with Gasteiger partial charge in [-0.05, 0) is 25.3 Å². The highest BCUT2D eigenvalue weighted by Gasteiger charge is 2.28. The minimum Gasteiger partial charge on any atom is -0.330 e. The average molecular weight is 271 g/mol. The lowest BCUT2D eigenvalue weighted by Crippen LogP contribution is -2.44. The van der Waals surface area contributed by atoms with Crippen LogP contribution in [-0.4, -0.2) is 42.3 Å². The first-order valence-corrected chi connectivity index (χ1v) is 7.29. The van der Waals surface area contributed by atoms with Crippen LogP contribution in [0.3, 0.4) is 0 Å². The first kappa shape index (κ1) is 13.2. The summed E-state index contributed by atoms with van der Waals surface area (Å²) < 4.78 is 28.2. The van der Waals surface area contributed by atoms with E-state index < -0.39 is 10.2 Å². The van der Waals surface area contributed by atoms with Gasteiger partial charge in [0.25, 0.3) is 0 Å². The zero-order chi connectivity index (χ0) is 13.0. The van der Waals surface area contributed by atoms with Crippen LogP contribution in [0.4, 0.5) is 5.69 Å². The van der Waals surface area contributed by atoms with Crippen molar-refractivity contribution in [3.63, 3.8) is 0 Å². The van der Waals surface area contributed by atoms with Crippen molar-refractivity contribution in [3.8, 4) is 0 Å². The molecular weight excluding hydrogens is 254 g/mol. The van der Waals surface area contributed by atoms with Crippen molar-refractivity contribution < 1.29 is 8.42 Å². The van der Waals surface area contributed by atoms with E-state index in [1.807, 2.05) is 0 Å². The summed E-state index contributed by atoms with van der Waals surface area (Å²) >= 11 is 0. The van der Waals surface area contributed by atoms with Gasteiger partial charge in [0.2, 0.25) is 0 Å². The van der Waals surface area contributed by atoms with Gasteiger partial charge in [0.1, 0.15) is 6.33 Å². The number of nitrogens with two attached hydrogens (primary N) is 1. The largest absolute Gasteiger partial charge is 0.330 e. The Labute approximate surface area is 107 Å². The van der Waals surface area contributed by atoms with E-state index in [9.17, 15) is 8.42 Å². The molecule has 8 heteroatoms. The molecule has 18 heavy (non-hydrogen) atoms. The highest BCUT2D eigenvalue weighted by Crippen LogP contribution is 2.19. The van der Waals surface area contributed by atoms with E-state index in [0.717, 1.165) is 12.8 Å². The van der Waals surface area contributed by atoms with Crippen LogP contribution in [0.2, 0.25) is 0 Å². The molecule has 0 spiro atoms. The van der Waals surface area contributed by atoms with Gasteiger partial charge in [-0.15, -0.1) is 0 Å². The first-order chi connectivity index (χ1) is 8.62. The maximum absolute atomic E-state index is 12.1. The molecule has 0 aromatic carbocycles. The highest BCUT2D eigenvalue weighted by molar-refractivity contribution is 7.90. The van der Waals surface area contributed by atoms with Crippen LogP contribution in [0.1, 0.15) is 12.8 Å². The van der Waals surface area contributed by atoms with Crippen molar-refractivity contribution in [2.45, 2.75) is 12.8 Å². The van der Waals surface area contributed by atoms with Gasteiger partial charge in [0.15, 0.2) is 0 Å². The van der Waals surface area contributed by atoms with Gasteiger partial charge in [-0.25, -0.2) is 9.97 Å². The fourth-order valence-corrected chi connectivity index (χ4v) is 3.31. The van der Waals surface area contributed by atoms with E-state index in [1.54, 1.807) is 0 Å². The molecule has 1 unspecified atom stereocenters. The normalized spacial score (nSPS) is 21.7. The van der Waals surface area contributed by atoms with E-state index in [2.05, 4.69) is 14.7 Å². The Balaban J connectivity index is 2.06. The molecule has 1 aromatic rings. The van der Waals surface area contributed by atoms with E-state index in [1.165, 1.54) is 23.0 Å². The van der Waals surface area contributed by atoms with Gasteiger partial charge in [-0.1, -0.05) is 0 Å². The molecule has 1 aliphatic heterocycles. The Morgan fingerprint density at radius 2 is 2.17 bits per heavy atom. The molecule has 2 heterocycles. The molecule has 1 aromatic heterocycles. The zero-order valence-electron chi connectivity index (χ0n) is 9.99. The minimum atomic E-state index is -3.53. The molecule has 7 nitrogen and oxygen atoms in total. The van der Waals surface area contributed by atoms with Crippen molar-refractivity contribution in [1.82, 2.24) is 14.3 Å². The van der Waals surface area contributed by atoms with Gasteiger partial charge < -0.3 is 5.73 Å². The quantitative estimate of drug-likeness (QED) is 0.790. The number of piperidine rings is 1. The van der Waals surface area contributed by atoms with Crippen LogP contribution in [0.25, 0.3) is 0 Å². The summed E-state index contributed by atoms with van der Waals surface area (Å²) in [5.41, 5.74) is 5.97. The number of rotatable bonds is 4. The molecule has 0 aliphatic carbocycles. The fourth-order valence-electron chi connectivity index (χ4n) is 2.00. The SMILES string of the molecule is NCC1CCCN(S(=O)(=O)Nc2cncnc2)C1. The van der Waals surface area contributed by atoms with Crippen LogP contribution in [-0.2, 0) is 10.2 Å². The number of hydrogen-bond acceptors (Lipinski definition) is 5. The smallest absolute Gasteiger partial charge is 0.301 e. The summed E-state index contributed by atoms with van der Waals surface area (Å²) in [4.78, 5) is 7.54. The molecule has 0 saturated carbocycles. The van der Waals surface area contributed by atoms with Crippen molar-refractivity contribution in [1.29, 1.82) is 0 Å². The van der Waals surface area contributed by atoms with Gasteiger partial charge in [-0.2, -0.15) is 12.7 Å². The Morgan fingerprint density at radius 1 is 1.44 bits per heavy atom. The Morgan fingerprint density at radius 3 is 2.83 bits per heavy atom. The van der Waals surface area contributed by atoms with E-state index in [0.29, 0.717) is 25.3 Å². The molecule has 1 atom stereocenters. The van der Waals surface area contributed by atoms with Crippen LogP contribution in [0.5, 0.6) is 0 Å². The molecule has 0 amide bonds. The number of aromatic nitrogens is 2. The number of hydrogen-bond donors (Lipinski definition) is 2. The molecule has 2 rings (SSSR count). The second-order valence-corrected chi connectivity index (χ2v) is 6.01. The van der Waals surface area contributed by atoms with E-state index >= 15 is 0 Å². The van der Waals surface area contributed by atoms with Gasteiger partial charge in [-0.3, -0.25) is 4.72 Å². The van der Waals surface area contributed by atoms with Crippen LogP contribution in [0, 0.1) is 5.92 Å². The van der Waals surface area contributed by atoms with E-state index in [4.69, 9.17) is 5.73 Å². The van der Waals surface area contributed by atoms with Crippen molar-refractivity contribution in [3.05, 3.63) is 18.7 Å². The second kappa shape index (κ2) is 5.59. The average Bonchev–Trinajstić information content (AvgIpc) is 2.39. The minimum absolute atomic E-state index is 0.238. The number of nitrogens with zero attached hydrogens (tertiary/aromatic N) is 3. The standard InChI is InChI=1S/C10H17N5O2S/c11-4-9-2-1-3-15(7-9)18(16,17)14-10-5-12-8-13-6-10/h5-6,8-9,14H,1-4,7,11H2. The van der Waals surface area contributed by atoms with Crippen molar-refractivity contribution in [2.24, 2.45) is 11.7 Å². The number of anilines is 1. The Hall–Kier alpha value is -1.25.